The van der Waals surface area contributed by atoms with E-state index in [1.807, 2.05) is 6.92 Å². The molecule has 4 heterocycles. The van der Waals surface area contributed by atoms with Crippen LogP contribution in [0.5, 0.6) is 0 Å². The number of nitrogens with zero attached hydrogens (tertiary/aromatic N) is 4. The van der Waals surface area contributed by atoms with Crippen LogP contribution in [0.2, 0.25) is 0 Å². The zero-order valence-electron chi connectivity index (χ0n) is 18.3. The Balaban J connectivity index is 1.51. The Morgan fingerprint density at radius 2 is 1.88 bits per heavy atom. The lowest BCUT2D eigenvalue weighted by molar-refractivity contribution is -0.141. The second-order valence-electron chi connectivity index (χ2n) is 8.74. The molecule has 1 unspecified atom stereocenters. The highest BCUT2D eigenvalue weighted by molar-refractivity contribution is 6.03. The topological polar surface area (TPSA) is 74.5 Å². The zero-order chi connectivity index (χ0) is 22.9. The third-order valence-corrected chi connectivity index (χ3v) is 6.25. The summed E-state index contributed by atoms with van der Waals surface area (Å²) in [6, 6.07) is 3.23. The molecule has 7 nitrogen and oxygen atoms in total. The molecule has 2 aromatic rings. The number of carbonyl (C=O) groups is 1. The molecule has 0 aliphatic carbocycles. The van der Waals surface area contributed by atoms with Crippen molar-refractivity contribution in [3.05, 3.63) is 29.8 Å². The Kier molecular flexibility index (Phi) is 6.30. The summed E-state index contributed by atoms with van der Waals surface area (Å²) in [5.41, 5.74) is -1.02. The molecule has 0 saturated carbocycles. The number of nitrogens with one attached hydrogen (secondary N) is 1. The summed E-state index contributed by atoms with van der Waals surface area (Å²) in [4.78, 5) is 24.5. The van der Waals surface area contributed by atoms with Gasteiger partial charge in [0.25, 0.3) is 11.9 Å². The highest BCUT2D eigenvalue weighted by atomic mass is 19.4. The van der Waals surface area contributed by atoms with E-state index in [2.05, 4.69) is 27.1 Å². The maximum Gasteiger partial charge on any atom is 0.437 e. The third kappa shape index (κ3) is 4.83. The molecular weight excluding hydrogens is 423 g/mol. The van der Waals surface area contributed by atoms with Crippen molar-refractivity contribution in [3.63, 3.8) is 0 Å². The van der Waals surface area contributed by atoms with Gasteiger partial charge in [-0.15, -0.1) is 0 Å². The summed E-state index contributed by atoms with van der Waals surface area (Å²) in [5.74, 6) is -0.360. The molecule has 2 saturated heterocycles. The van der Waals surface area contributed by atoms with Crippen LogP contribution < -0.4 is 15.1 Å². The maximum atomic E-state index is 13.6. The zero-order valence-corrected chi connectivity index (χ0v) is 18.3. The van der Waals surface area contributed by atoms with Crippen LogP contribution in [0, 0.1) is 5.92 Å². The van der Waals surface area contributed by atoms with Crippen molar-refractivity contribution in [2.75, 3.05) is 34.8 Å². The van der Waals surface area contributed by atoms with Gasteiger partial charge in [-0.2, -0.15) is 18.2 Å². The van der Waals surface area contributed by atoms with Crippen molar-refractivity contribution in [1.82, 2.24) is 9.97 Å². The largest absolute Gasteiger partial charge is 0.437 e. The molecule has 1 atom stereocenters. The fourth-order valence-corrected chi connectivity index (χ4v) is 4.23. The van der Waals surface area contributed by atoms with Crippen LogP contribution in [-0.2, 0) is 6.18 Å². The van der Waals surface area contributed by atoms with Gasteiger partial charge in [0.05, 0.1) is 11.9 Å². The number of aromatic nitrogens is 2. The van der Waals surface area contributed by atoms with Crippen LogP contribution in [0.15, 0.2) is 22.7 Å². The number of anilines is 3. The van der Waals surface area contributed by atoms with E-state index >= 15 is 0 Å². The third-order valence-electron chi connectivity index (χ3n) is 6.25. The molecule has 0 aromatic carbocycles. The number of carbonyl (C=O) groups excluding carboxylic acids is 1. The smallest absolute Gasteiger partial charge is 0.417 e. The molecule has 0 spiro atoms. The minimum Gasteiger partial charge on any atom is -0.417 e. The Morgan fingerprint density at radius 3 is 2.50 bits per heavy atom. The fourth-order valence-electron chi connectivity index (χ4n) is 4.23. The first kappa shape index (κ1) is 22.4. The summed E-state index contributed by atoms with van der Waals surface area (Å²) < 4.78 is 46.1. The molecule has 1 N–H and O–H groups in total. The average Bonchev–Trinajstić information content (AvgIpc) is 3.21. The van der Waals surface area contributed by atoms with Crippen LogP contribution in [-0.4, -0.2) is 41.6 Å². The molecule has 0 radical (unpaired) electrons. The number of oxazole rings is 1. The molecule has 174 valence electrons. The molecular formula is C22H28F3N5O2. The van der Waals surface area contributed by atoms with Gasteiger partial charge in [0, 0.05) is 25.7 Å². The molecule has 4 rings (SSSR count). The van der Waals surface area contributed by atoms with Crippen molar-refractivity contribution < 1.29 is 22.4 Å². The summed E-state index contributed by atoms with van der Waals surface area (Å²) in [6.07, 6.45) is 1.48. The highest BCUT2D eigenvalue weighted by Gasteiger charge is 2.42. The molecule has 2 aliphatic heterocycles. The number of piperidine rings is 2. The maximum absolute atomic E-state index is 13.6. The number of amides is 1. The molecule has 2 aliphatic rings. The summed E-state index contributed by atoms with van der Waals surface area (Å²) in [7, 11) is 0. The lowest BCUT2D eigenvalue weighted by Crippen LogP contribution is -2.37. The second kappa shape index (κ2) is 8.99. The van der Waals surface area contributed by atoms with Crippen LogP contribution in [0.4, 0.5) is 30.7 Å². The SMILES string of the molecule is CC1CCN(c2ccc(NC(=O)c3oc(N4CCCCC4C)nc3C(F)(F)F)cn2)CC1. The second-order valence-corrected chi connectivity index (χ2v) is 8.74. The summed E-state index contributed by atoms with van der Waals surface area (Å²) >= 11 is 0. The van der Waals surface area contributed by atoms with Crippen LogP contribution in [0.25, 0.3) is 0 Å². The average molecular weight is 451 g/mol. The van der Waals surface area contributed by atoms with E-state index in [1.54, 1.807) is 17.0 Å². The van der Waals surface area contributed by atoms with Gasteiger partial charge in [-0.1, -0.05) is 6.92 Å². The van der Waals surface area contributed by atoms with Gasteiger partial charge < -0.3 is 19.5 Å². The number of hydrogen-bond donors (Lipinski definition) is 1. The van der Waals surface area contributed by atoms with E-state index in [4.69, 9.17) is 4.42 Å². The van der Waals surface area contributed by atoms with Gasteiger partial charge in [0.2, 0.25) is 5.76 Å². The van der Waals surface area contributed by atoms with E-state index in [9.17, 15) is 18.0 Å². The van der Waals surface area contributed by atoms with Gasteiger partial charge >= 0.3 is 6.18 Å². The highest BCUT2D eigenvalue weighted by Crippen LogP contribution is 2.36. The standard InChI is InChI=1S/C22H28F3N5O2/c1-14-8-11-29(12-9-14)17-7-6-16(13-26-17)27-20(31)18-19(22(23,24)25)28-21(32-18)30-10-4-3-5-15(30)2/h6-7,13-15H,3-5,8-12H2,1-2H3,(H,27,31). The number of alkyl halides is 3. The first-order chi connectivity index (χ1) is 15.2. The predicted octanol–water partition coefficient (Wildman–Crippen LogP) is 4.96. The van der Waals surface area contributed by atoms with Crippen molar-refractivity contribution in [2.24, 2.45) is 5.92 Å². The molecule has 2 fully saturated rings. The molecule has 0 bridgehead atoms. The Labute approximate surface area is 185 Å². The van der Waals surface area contributed by atoms with Gasteiger partial charge in [0.15, 0.2) is 5.69 Å². The number of pyridine rings is 1. The van der Waals surface area contributed by atoms with Crippen LogP contribution >= 0.6 is 0 Å². The first-order valence-corrected chi connectivity index (χ1v) is 11.1. The molecule has 1 amide bonds. The van der Waals surface area contributed by atoms with Gasteiger partial charge in [0.1, 0.15) is 5.82 Å². The number of hydrogen-bond acceptors (Lipinski definition) is 6. The van der Waals surface area contributed by atoms with E-state index in [1.165, 1.54) is 6.20 Å². The quantitative estimate of drug-likeness (QED) is 0.709. The van der Waals surface area contributed by atoms with Gasteiger partial charge in [-0.05, 0) is 57.1 Å². The lowest BCUT2D eigenvalue weighted by Gasteiger charge is -2.31. The minimum absolute atomic E-state index is 0.00564. The number of rotatable bonds is 4. The molecule has 10 heteroatoms. The minimum atomic E-state index is -4.80. The normalized spacial score (nSPS) is 20.5. The van der Waals surface area contributed by atoms with Crippen molar-refractivity contribution >= 4 is 23.4 Å². The summed E-state index contributed by atoms with van der Waals surface area (Å²) in [6.45, 7) is 6.49. The fraction of sp³-hybridized carbons (Fsp3) is 0.591. The van der Waals surface area contributed by atoms with E-state index in [-0.39, 0.29) is 12.1 Å². The van der Waals surface area contributed by atoms with Crippen molar-refractivity contribution in [2.45, 2.75) is 58.2 Å². The number of halogens is 3. The van der Waals surface area contributed by atoms with Crippen molar-refractivity contribution in [3.8, 4) is 0 Å². The summed E-state index contributed by atoms with van der Waals surface area (Å²) in [5, 5.41) is 2.46. The predicted molar refractivity (Wildman–Crippen MR) is 115 cm³/mol. The first-order valence-electron chi connectivity index (χ1n) is 11.1. The molecule has 32 heavy (non-hydrogen) atoms. The van der Waals surface area contributed by atoms with Crippen LogP contribution in [0.3, 0.4) is 0 Å². The van der Waals surface area contributed by atoms with E-state index in [0.29, 0.717) is 18.2 Å². The van der Waals surface area contributed by atoms with Gasteiger partial charge in [-0.3, -0.25) is 4.79 Å². The Morgan fingerprint density at radius 1 is 1.12 bits per heavy atom. The molecule has 2 aromatic heterocycles. The lowest BCUT2D eigenvalue weighted by atomic mass is 9.99. The van der Waals surface area contributed by atoms with Crippen molar-refractivity contribution in [1.29, 1.82) is 0 Å². The van der Waals surface area contributed by atoms with Gasteiger partial charge in [-0.25, -0.2) is 4.98 Å². The van der Waals surface area contributed by atoms with E-state index in [0.717, 1.165) is 51.0 Å². The van der Waals surface area contributed by atoms with E-state index < -0.39 is 23.5 Å². The van der Waals surface area contributed by atoms with Crippen LogP contribution in [0.1, 0.15) is 62.2 Å². The monoisotopic (exact) mass is 451 g/mol. The Hall–Kier alpha value is -2.78. The Bertz CT molecular complexity index is 936.